The van der Waals surface area contributed by atoms with Gasteiger partial charge in [0.25, 0.3) is 5.09 Å². The molecule has 0 unspecified atom stereocenters. The topological polar surface area (TPSA) is 89.7 Å². The van der Waals surface area contributed by atoms with Crippen molar-refractivity contribution in [2.45, 2.75) is 0 Å². The summed E-state index contributed by atoms with van der Waals surface area (Å²) in [6.45, 7) is -0.0645. The van der Waals surface area contributed by atoms with Crippen LogP contribution >= 0.6 is 11.8 Å². The minimum Gasteiger partial charge on any atom is -0.481 e. The lowest BCUT2D eigenvalue weighted by molar-refractivity contribution is -0.756. The minimum atomic E-state index is -0.934. The summed E-state index contributed by atoms with van der Waals surface area (Å²) in [4.78, 5) is 23.4. The van der Waals surface area contributed by atoms with Crippen molar-refractivity contribution in [2.24, 2.45) is 0 Å². The van der Waals surface area contributed by atoms with E-state index >= 15 is 0 Å². The van der Waals surface area contributed by atoms with Crippen molar-refractivity contribution in [3.05, 3.63) is 10.1 Å². The Morgan fingerprint density at radius 1 is 1.73 bits per heavy atom. The number of hydrogen-bond acceptors (Lipinski definition) is 5. The summed E-state index contributed by atoms with van der Waals surface area (Å²) in [6, 6.07) is 0. The van der Waals surface area contributed by atoms with Gasteiger partial charge in [0.05, 0.1) is 5.75 Å². The SMILES string of the molecule is O=C(O)CSCCO[N+](=O)[O-]. The Kier molecular flexibility index (Phi) is 5.26. The number of aliphatic carboxylic acids is 1. The molecule has 0 rings (SSSR count). The third-order valence-electron chi connectivity index (χ3n) is 0.650. The maximum Gasteiger partial charge on any atom is 0.313 e. The number of carboxylic acid groups (broad SMARTS) is 1. The second kappa shape index (κ2) is 5.78. The number of hydrogen-bond donors (Lipinski definition) is 1. The van der Waals surface area contributed by atoms with Crippen LogP contribution in [-0.2, 0) is 9.63 Å². The Morgan fingerprint density at radius 3 is 2.82 bits per heavy atom. The zero-order chi connectivity index (χ0) is 8.69. The van der Waals surface area contributed by atoms with Crippen molar-refractivity contribution >= 4 is 17.7 Å². The maximum absolute atomic E-state index is 9.90. The molecule has 0 aromatic rings. The molecule has 0 radical (unpaired) electrons. The molecule has 0 saturated heterocycles. The van der Waals surface area contributed by atoms with Gasteiger partial charge in [-0.3, -0.25) is 4.79 Å². The lowest BCUT2D eigenvalue weighted by Gasteiger charge is -1.95. The Balaban J connectivity index is 3.03. The molecule has 0 aliphatic carbocycles. The number of nitrogens with zero attached hydrogens (tertiary/aromatic N) is 1. The molecule has 0 spiro atoms. The molecule has 11 heavy (non-hydrogen) atoms. The van der Waals surface area contributed by atoms with Crippen LogP contribution in [-0.4, -0.2) is 34.3 Å². The van der Waals surface area contributed by atoms with Crippen LogP contribution in [0.15, 0.2) is 0 Å². The van der Waals surface area contributed by atoms with Crippen LogP contribution < -0.4 is 0 Å². The molecule has 64 valence electrons. The predicted octanol–water partition coefficient (Wildman–Crippen LogP) is 0.0125. The van der Waals surface area contributed by atoms with E-state index in [1.54, 1.807) is 0 Å². The maximum atomic E-state index is 9.90. The normalized spacial score (nSPS) is 9.09. The van der Waals surface area contributed by atoms with Gasteiger partial charge in [0, 0.05) is 5.75 Å². The van der Waals surface area contributed by atoms with Crippen LogP contribution in [0.25, 0.3) is 0 Å². The first kappa shape index (κ1) is 10.0. The van der Waals surface area contributed by atoms with Crippen LogP contribution in [0.5, 0.6) is 0 Å². The summed E-state index contributed by atoms with van der Waals surface area (Å²) in [7, 11) is 0. The highest BCUT2D eigenvalue weighted by Gasteiger charge is 1.97. The van der Waals surface area contributed by atoms with Gasteiger partial charge in [0.1, 0.15) is 6.61 Å². The number of rotatable bonds is 6. The van der Waals surface area contributed by atoms with Gasteiger partial charge in [0.2, 0.25) is 0 Å². The highest BCUT2D eigenvalue weighted by Crippen LogP contribution is 1.98. The van der Waals surface area contributed by atoms with Crippen molar-refractivity contribution in [1.82, 2.24) is 0 Å². The van der Waals surface area contributed by atoms with Gasteiger partial charge in [-0.25, -0.2) is 0 Å². The minimum absolute atomic E-state index is 0.0545. The monoisotopic (exact) mass is 181 g/mol. The molecule has 1 N–H and O–H groups in total. The lowest BCUT2D eigenvalue weighted by atomic mass is 10.8. The first-order valence-corrected chi connectivity index (χ1v) is 3.85. The van der Waals surface area contributed by atoms with Crippen molar-refractivity contribution in [2.75, 3.05) is 18.1 Å². The third kappa shape index (κ3) is 9.02. The summed E-state index contributed by atoms with van der Waals surface area (Å²) in [5, 5.41) is 16.8. The zero-order valence-corrected chi connectivity index (χ0v) is 6.37. The molecule has 0 fully saturated rings. The van der Waals surface area contributed by atoms with Crippen LogP contribution in [0.2, 0.25) is 0 Å². The Hall–Kier alpha value is -0.980. The standard InChI is InChI=1S/C4H7NO5S/c6-4(7)3-11-2-1-10-5(8)9/h1-3H2,(H,6,7). The van der Waals surface area contributed by atoms with Crippen LogP contribution in [0, 0.1) is 10.1 Å². The zero-order valence-electron chi connectivity index (χ0n) is 5.56. The van der Waals surface area contributed by atoms with Gasteiger partial charge in [-0.1, -0.05) is 0 Å². The molecule has 0 aliphatic heterocycles. The number of carboxylic acids is 1. The van der Waals surface area contributed by atoms with Crippen LogP contribution in [0.3, 0.4) is 0 Å². The molecule has 0 atom stereocenters. The number of thioether (sulfide) groups is 1. The molecular weight excluding hydrogens is 174 g/mol. The molecule has 0 amide bonds. The van der Waals surface area contributed by atoms with Gasteiger partial charge in [0.15, 0.2) is 0 Å². The van der Waals surface area contributed by atoms with E-state index in [0.717, 1.165) is 11.8 Å². The van der Waals surface area contributed by atoms with Crippen molar-refractivity contribution in [3.8, 4) is 0 Å². The molecule has 7 heteroatoms. The van der Waals surface area contributed by atoms with Crippen LogP contribution in [0.4, 0.5) is 0 Å². The van der Waals surface area contributed by atoms with E-state index in [0.29, 0.717) is 5.75 Å². The summed E-state index contributed by atoms with van der Waals surface area (Å²) in [6.07, 6.45) is 0. The fraction of sp³-hybridized carbons (Fsp3) is 0.750. The summed E-state index contributed by atoms with van der Waals surface area (Å²) < 4.78 is 0. The predicted molar refractivity (Wildman–Crippen MR) is 37.9 cm³/mol. The molecule has 0 aromatic carbocycles. The fourth-order valence-corrected chi connectivity index (χ4v) is 0.842. The van der Waals surface area contributed by atoms with Crippen LogP contribution in [0.1, 0.15) is 0 Å². The van der Waals surface area contributed by atoms with E-state index in [1.807, 2.05) is 0 Å². The molecule has 0 aromatic heterocycles. The average Bonchev–Trinajstić information content (AvgIpc) is 1.85. The fourth-order valence-electron chi connectivity index (χ4n) is 0.330. The summed E-state index contributed by atoms with van der Waals surface area (Å²) >= 11 is 1.07. The quantitative estimate of drug-likeness (QED) is 0.352. The van der Waals surface area contributed by atoms with E-state index in [9.17, 15) is 14.9 Å². The molecule has 0 bridgehead atoms. The van der Waals surface area contributed by atoms with E-state index in [2.05, 4.69) is 4.84 Å². The van der Waals surface area contributed by atoms with E-state index in [4.69, 9.17) is 5.11 Å². The largest absolute Gasteiger partial charge is 0.481 e. The van der Waals surface area contributed by atoms with E-state index in [1.165, 1.54) is 0 Å². The molecule has 6 nitrogen and oxygen atoms in total. The van der Waals surface area contributed by atoms with Crippen molar-refractivity contribution in [1.29, 1.82) is 0 Å². The smallest absolute Gasteiger partial charge is 0.313 e. The first-order valence-electron chi connectivity index (χ1n) is 2.70. The van der Waals surface area contributed by atoms with Crippen molar-refractivity contribution < 1.29 is 19.8 Å². The van der Waals surface area contributed by atoms with Gasteiger partial charge in [-0.05, 0) is 0 Å². The second-order valence-electron chi connectivity index (χ2n) is 1.50. The lowest BCUT2D eigenvalue weighted by Crippen LogP contribution is -2.06. The Morgan fingerprint density at radius 2 is 2.36 bits per heavy atom. The van der Waals surface area contributed by atoms with E-state index in [-0.39, 0.29) is 12.4 Å². The highest BCUT2D eigenvalue weighted by atomic mass is 32.2. The molecule has 0 saturated carbocycles. The van der Waals surface area contributed by atoms with Gasteiger partial charge in [-0.15, -0.1) is 21.9 Å². The molecule has 0 heterocycles. The highest BCUT2D eigenvalue weighted by molar-refractivity contribution is 7.99. The summed E-state index contributed by atoms with van der Waals surface area (Å²) in [5.74, 6) is -0.676. The molecular formula is C4H7NO5S. The summed E-state index contributed by atoms with van der Waals surface area (Å²) in [5.41, 5.74) is 0. The van der Waals surface area contributed by atoms with Gasteiger partial charge in [-0.2, -0.15) is 0 Å². The average molecular weight is 181 g/mol. The van der Waals surface area contributed by atoms with E-state index < -0.39 is 11.1 Å². The number of carbonyl (C=O) groups is 1. The third-order valence-corrected chi connectivity index (χ3v) is 1.56. The van der Waals surface area contributed by atoms with Gasteiger partial charge < -0.3 is 9.94 Å². The second-order valence-corrected chi connectivity index (χ2v) is 2.61. The molecule has 0 aliphatic rings. The first-order chi connectivity index (χ1) is 5.13. The van der Waals surface area contributed by atoms with Gasteiger partial charge >= 0.3 is 5.97 Å². The Labute approximate surface area is 66.6 Å². The Bertz CT molecular complexity index is 133. The van der Waals surface area contributed by atoms with Crippen molar-refractivity contribution in [3.63, 3.8) is 0 Å².